The maximum Gasteiger partial charge on any atom is 0.0760 e. The second kappa shape index (κ2) is 5.32. The molecule has 3 nitrogen and oxygen atoms in total. The zero-order valence-electron chi connectivity index (χ0n) is 8.83. The van der Waals surface area contributed by atoms with Gasteiger partial charge in [-0.05, 0) is 24.8 Å². The van der Waals surface area contributed by atoms with Crippen molar-refractivity contribution < 1.29 is 4.74 Å². The molecule has 0 spiro atoms. The molecule has 16 heavy (non-hydrogen) atoms. The molecule has 2 N–H and O–H groups in total. The first-order valence-electron chi connectivity index (χ1n) is 5.32. The van der Waals surface area contributed by atoms with Gasteiger partial charge in [-0.15, -0.1) is 0 Å². The second-order valence-electron chi connectivity index (χ2n) is 4.00. The van der Waals surface area contributed by atoms with Crippen molar-refractivity contribution >= 4 is 23.2 Å². The third kappa shape index (κ3) is 2.66. The summed E-state index contributed by atoms with van der Waals surface area (Å²) in [6, 6.07) is 1.55. The molecule has 2 heterocycles. The van der Waals surface area contributed by atoms with E-state index in [0.717, 1.165) is 31.7 Å². The van der Waals surface area contributed by atoms with Gasteiger partial charge in [0.05, 0.1) is 21.8 Å². The molecule has 0 aromatic carbocycles. The first kappa shape index (κ1) is 12.1. The van der Waals surface area contributed by atoms with Crippen molar-refractivity contribution in [2.24, 2.45) is 11.7 Å². The number of rotatable bonds is 2. The number of hydrogen-bond acceptors (Lipinski definition) is 3. The highest BCUT2D eigenvalue weighted by molar-refractivity contribution is 6.34. The zero-order valence-corrected chi connectivity index (χ0v) is 10.3. The molecule has 1 aromatic heterocycles. The number of nitrogens with zero attached hydrogens (tertiary/aromatic N) is 1. The van der Waals surface area contributed by atoms with E-state index in [4.69, 9.17) is 33.7 Å². The maximum absolute atomic E-state index is 6.18. The average Bonchev–Trinajstić information content (AvgIpc) is 2.29. The third-order valence-corrected chi connectivity index (χ3v) is 3.44. The highest BCUT2D eigenvalue weighted by atomic mass is 35.5. The predicted octanol–water partition coefficient (Wildman–Crippen LogP) is 2.81. The smallest absolute Gasteiger partial charge is 0.0760 e. The van der Waals surface area contributed by atoms with Crippen LogP contribution in [0, 0.1) is 5.92 Å². The molecule has 1 fully saturated rings. The summed E-state index contributed by atoms with van der Waals surface area (Å²) in [6.45, 7) is 1.53. The van der Waals surface area contributed by atoms with Crippen molar-refractivity contribution in [3.8, 4) is 0 Å². The van der Waals surface area contributed by atoms with E-state index >= 15 is 0 Å². The fourth-order valence-electron chi connectivity index (χ4n) is 1.97. The molecule has 0 amide bonds. The molecule has 1 aliphatic heterocycles. The Hall–Kier alpha value is -0.350. The normalized spacial score (nSPS) is 19.7. The van der Waals surface area contributed by atoms with Crippen molar-refractivity contribution in [3.63, 3.8) is 0 Å². The molecule has 1 atom stereocenters. The molecular weight excluding hydrogens is 247 g/mol. The maximum atomic E-state index is 6.18. The van der Waals surface area contributed by atoms with Gasteiger partial charge >= 0.3 is 0 Å². The number of nitrogens with two attached hydrogens (primary N) is 1. The monoisotopic (exact) mass is 260 g/mol. The van der Waals surface area contributed by atoms with Gasteiger partial charge in [0, 0.05) is 19.4 Å². The van der Waals surface area contributed by atoms with Crippen molar-refractivity contribution in [3.05, 3.63) is 28.0 Å². The Bertz CT molecular complexity index is 367. The van der Waals surface area contributed by atoms with Gasteiger partial charge in [0.2, 0.25) is 0 Å². The number of pyridine rings is 1. The molecule has 0 radical (unpaired) electrons. The van der Waals surface area contributed by atoms with Crippen molar-refractivity contribution in [2.75, 3.05) is 13.2 Å². The minimum Gasteiger partial charge on any atom is -0.381 e. The molecule has 2 rings (SSSR count). The van der Waals surface area contributed by atoms with E-state index in [1.807, 2.05) is 0 Å². The Morgan fingerprint density at radius 2 is 2.06 bits per heavy atom. The molecule has 1 unspecified atom stereocenters. The molecule has 1 saturated heterocycles. The summed E-state index contributed by atoms with van der Waals surface area (Å²) in [6.07, 6.45) is 3.51. The fraction of sp³-hybridized carbons (Fsp3) is 0.545. The van der Waals surface area contributed by atoms with Gasteiger partial charge in [-0.3, -0.25) is 4.98 Å². The first-order valence-corrected chi connectivity index (χ1v) is 6.08. The van der Waals surface area contributed by atoms with Crippen LogP contribution in [0.4, 0.5) is 0 Å². The van der Waals surface area contributed by atoms with E-state index < -0.39 is 0 Å². The van der Waals surface area contributed by atoms with Crippen LogP contribution in [0.25, 0.3) is 0 Å². The molecule has 1 aromatic rings. The zero-order chi connectivity index (χ0) is 11.5. The standard InChI is InChI=1S/C11H14Cl2N2O/c12-8-5-9(13)11(15-6-8)10(14)7-1-3-16-4-2-7/h5-7,10H,1-4,14H2. The van der Waals surface area contributed by atoms with Crippen LogP contribution in [0.3, 0.4) is 0 Å². The predicted molar refractivity (Wildman–Crippen MR) is 64.7 cm³/mol. The number of aromatic nitrogens is 1. The topological polar surface area (TPSA) is 48.1 Å². The molecule has 0 bridgehead atoms. The molecular formula is C11H14Cl2N2O. The summed E-state index contributed by atoms with van der Waals surface area (Å²) < 4.78 is 5.31. The summed E-state index contributed by atoms with van der Waals surface area (Å²) in [5, 5.41) is 1.08. The minimum atomic E-state index is -0.131. The van der Waals surface area contributed by atoms with Gasteiger partial charge in [0.15, 0.2) is 0 Å². The first-order chi connectivity index (χ1) is 7.68. The molecule has 1 aliphatic rings. The average molecular weight is 261 g/mol. The van der Waals surface area contributed by atoms with Gasteiger partial charge in [0.1, 0.15) is 0 Å². The van der Waals surface area contributed by atoms with Crippen molar-refractivity contribution in [1.82, 2.24) is 4.98 Å². The van der Waals surface area contributed by atoms with Gasteiger partial charge in [-0.1, -0.05) is 23.2 Å². The Balaban J connectivity index is 2.15. The van der Waals surface area contributed by atoms with E-state index in [-0.39, 0.29) is 6.04 Å². The number of ether oxygens (including phenoxy) is 1. The highest BCUT2D eigenvalue weighted by Gasteiger charge is 2.24. The summed E-state index contributed by atoms with van der Waals surface area (Å²) in [7, 11) is 0. The van der Waals surface area contributed by atoms with Crippen LogP contribution >= 0.6 is 23.2 Å². The van der Waals surface area contributed by atoms with Gasteiger partial charge in [-0.2, -0.15) is 0 Å². The SMILES string of the molecule is NC(c1ncc(Cl)cc1Cl)C1CCOCC1. The number of halogens is 2. The summed E-state index contributed by atoms with van der Waals surface area (Å²) >= 11 is 11.9. The third-order valence-electron chi connectivity index (χ3n) is 2.93. The molecule has 88 valence electrons. The quantitative estimate of drug-likeness (QED) is 0.890. The highest BCUT2D eigenvalue weighted by Crippen LogP contribution is 2.31. The van der Waals surface area contributed by atoms with Crippen LogP contribution in [-0.4, -0.2) is 18.2 Å². The lowest BCUT2D eigenvalue weighted by Crippen LogP contribution is -2.28. The lowest BCUT2D eigenvalue weighted by atomic mass is 9.90. The summed E-state index contributed by atoms with van der Waals surface area (Å²) in [5.74, 6) is 0.389. The Morgan fingerprint density at radius 1 is 1.38 bits per heavy atom. The summed E-state index contributed by atoms with van der Waals surface area (Å²) in [5.41, 5.74) is 6.91. The molecule has 5 heteroatoms. The largest absolute Gasteiger partial charge is 0.381 e. The van der Waals surface area contributed by atoms with Crippen molar-refractivity contribution in [1.29, 1.82) is 0 Å². The van der Waals surface area contributed by atoms with E-state index in [0.29, 0.717) is 16.0 Å². The van der Waals surface area contributed by atoms with Gasteiger partial charge in [0.25, 0.3) is 0 Å². The Labute approximate surface area is 105 Å². The lowest BCUT2D eigenvalue weighted by Gasteiger charge is -2.27. The van der Waals surface area contributed by atoms with E-state index in [1.165, 1.54) is 0 Å². The molecule has 0 aliphatic carbocycles. The van der Waals surface area contributed by atoms with E-state index in [1.54, 1.807) is 12.3 Å². The Kier molecular flexibility index (Phi) is 4.03. The number of hydrogen-bond donors (Lipinski definition) is 1. The Morgan fingerprint density at radius 3 is 2.69 bits per heavy atom. The fourth-order valence-corrected chi connectivity index (χ4v) is 2.47. The van der Waals surface area contributed by atoms with Gasteiger partial charge in [-0.25, -0.2) is 0 Å². The van der Waals surface area contributed by atoms with Crippen LogP contribution in [-0.2, 0) is 4.74 Å². The van der Waals surface area contributed by atoms with Crippen LogP contribution < -0.4 is 5.73 Å². The van der Waals surface area contributed by atoms with Crippen molar-refractivity contribution in [2.45, 2.75) is 18.9 Å². The van der Waals surface area contributed by atoms with Crippen LogP contribution in [0.5, 0.6) is 0 Å². The van der Waals surface area contributed by atoms with E-state index in [9.17, 15) is 0 Å². The van der Waals surface area contributed by atoms with Gasteiger partial charge < -0.3 is 10.5 Å². The lowest BCUT2D eigenvalue weighted by molar-refractivity contribution is 0.0579. The van der Waals surface area contributed by atoms with Crippen LogP contribution in [0.15, 0.2) is 12.3 Å². The molecule has 0 saturated carbocycles. The second-order valence-corrected chi connectivity index (χ2v) is 4.84. The van der Waals surface area contributed by atoms with Crippen LogP contribution in [0.1, 0.15) is 24.6 Å². The van der Waals surface area contributed by atoms with Crippen LogP contribution in [0.2, 0.25) is 10.0 Å². The van der Waals surface area contributed by atoms with E-state index in [2.05, 4.69) is 4.98 Å². The minimum absolute atomic E-state index is 0.131. The summed E-state index contributed by atoms with van der Waals surface area (Å²) in [4.78, 5) is 4.22.